The fourth-order valence-corrected chi connectivity index (χ4v) is 4.81. The summed E-state index contributed by atoms with van der Waals surface area (Å²) in [6, 6.07) is 6.78. The number of hydrogen-bond acceptors (Lipinski definition) is 7. The number of alkyl halides is 3. The Kier molecular flexibility index (Phi) is 8.16. The molecule has 3 heterocycles. The molecule has 2 aliphatic heterocycles. The van der Waals surface area contributed by atoms with Gasteiger partial charge in [-0.15, -0.1) is 0 Å². The Hall–Kier alpha value is -3.41. The van der Waals surface area contributed by atoms with Crippen molar-refractivity contribution < 1.29 is 22.9 Å². The van der Waals surface area contributed by atoms with Crippen molar-refractivity contribution in [3.63, 3.8) is 0 Å². The normalized spacial score (nSPS) is 18.8. The number of aryl methyl sites for hydroxylation is 1. The van der Waals surface area contributed by atoms with Gasteiger partial charge in [0.1, 0.15) is 11.4 Å². The summed E-state index contributed by atoms with van der Waals surface area (Å²) in [5.74, 6) is 1.02. The monoisotopic (exact) mass is 520 g/mol. The van der Waals surface area contributed by atoms with Crippen molar-refractivity contribution in [3.05, 3.63) is 57.8 Å². The number of carbonyl (C=O) groups is 1. The number of halogens is 3. The number of nitrogens with zero attached hydrogens (tertiary/aromatic N) is 5. The zero-order valence-corrected chi connectivity index (χ0v) is 20.7. The molecule has 4 rings (SSSR count). The Morgan fingerprint density at radius 3 is 2.57 bits per heavy atom. The van der Waals surface area contributed by atoms with E-state index in [9.17, 15) is 28.1 Å². The molecule has 0 aliphatic carbocycles. The first-order valence-corrected chi connectivity index (χ1v) is 12.4. The zero-order valence-electron chi connectivity index (χ0n) is 20.7. The van der Waals surface area contributed by atoms with E-state index in [0.29, 0.717) is 25.9 Å². The molecule has 1 N–H and O–H groups in total. The van der Waals surface area contributed by atoms with E-state index in [2.05, 4.69) is 26.2 Å². The summed E-state index contributed by atoms with van der Waals surface area (Å²) in [5, 5.41) is 13.9. The number of benzene rings is 1. The molecule has 1 atom stereocenters. The van der Waals surface area contributed by atoms with Gasteiger partial charge in [-0.3, -0.25) is 19.8 Å². The average Bonchev–Trinajstić information content (AvgIpc) is 3.33. The number of rotatable bonds is 8. The molecular formula is C25H31F3N6O3. The number of hydrogen-bond donors (Lipinski definition) is 1. The first-order valence-electron chi connectivity index (χ1n) is 12.4. The van der Waals surface area contributed by atoms with Crippen LogP contribution in [-0.4, -0.2) is 77.5 Å². The number of amides is 1. The van der Waals surface area contributed by atoms with Crippen LogP contribution in [0.2, 0.25) is 0 Å². The Morgan fingerprint density at radius 1 is 1.16 bits per heavy atom. The van der Waals surface area contributed by atoms with Crippen molar-refractivity contribution in [1.29, 1.82) is 0 Å². The highest BCUT2D eigenvalue weighted by Crippen LogP contribution is 2.37. The van der Waals surface area contributed by atoms with E-state index in [0.717, 1.165) is 62.7 Å². The summed E-state index contributed by atoms with van der Waals surface area (Å²) >= 11 is 0. The van der Waals surface area contributed by atoms with E-state index in [1.165, 1.54) is 6.07 Å². The van der Waals surface area contributed by atoms with Crippen LogP contribution in [0.1, 0.15) is 30.4 Å². The molecule has 2 fully saturated rings. The molecular weight excluding hydrogens is 489 g/mol. The minimum absolute atomic E-state index is 0.0338. The Bertz CT molecular complexity index is 1100. The molecule has 0 saturated carbocycles. The quantitative estimate of drug-likeness (QED) is 0.416. The van der Waals surface area contributed by atoms with Gasteiger partial charge in [-0.1, -0.05) is 6.07 Å². The van der Waals surface area contributed by atoms with Crippen LogP contribution in [0.3, 0.4) is 0 Å². The van der Waals surface area contributed by atoms with E-state index >= 15 is 0 Å². The lowest BCUT2D eigenvalue weighted by molar-refractivity contribution is -0.388. The Balaban J connectivity index is 1.19. The van der Waals surface area contributed by atoms with Gasteiger partial charge in [0.15, 0.2) is 0 Å². The molecule has 1 aromatic heterocycles. The molecule has 0 unspecified atom stereocenters. The number of nitrogens with one attached hydrogen (secondary N) is 1. The molecule has 0 spiro atoms. The second-order valence-corrected chi connectivity index (χ2v) is 9.58. The highest BCUT2D eigenvalue weighted by molar-refractivity contribution is 5.76. The van der Waals surface area contributed by atoms with E-state index in [1.807, 2.05) is 19.2 Å². The molecule has 12 heteroatoms. The summed E-state index contributed by atoms with van der Waals surface area (Å²) in [6.45, 7) is 7.37. The lowest BCUT2D eigenvalue weighted by atomic mass is 10.1. The summed E-state index contributed by atoms with van der Waals surface area (Å²) in [5.41, 5.74) is -0.981. The standard InChI is InChI=1S/C25H31F3N6O3/c1-18-4-7-23(29-16-18)32-13-11-31(12-14-32)9-2-3-24(35)33-10-8-20(17-33)30-19-5-6-22(34(36)37)21(15-19)25(26,27)28/h4-7,15-16,20,30H,2-3,8-14,17H2,1H3/t20-/m1/s1. The van der Waals surface area contributed by atoms with Gasteiger partial charge in [-0.05, 0) is 50.1 Å². The predicted molar refractivity (Wildman–Crippen MR) is 134 cm³/mol. The fraction of sp³-hybridized carbons (Fsp3) is 0.520. The lowest BCUT2D eigenvalue weighted by Crippen LogP contribution is -2.47. The van der Waals surface area contributed by atoms with Crippen LogP contribution < -0.4 is 10.2 Å². The number of pyridine rings is 1. The van der Waals surface area contributed by atoms with E-state index < -0.39 is 22.4 Å². The average molecular weight is 521 g/mol. The number of aromatic nitrogens is 1. The summed E-state index contributed by atoms with van der Waals surface area (Å²) < 4.78 is 39.7. The molecule has 1 aromatic carbocycles. The van der Waals surface area contributed by atoms with Gasteiger partial charge in [0.25, 0.3) is 5.69 Å². The third-order valence-corrected chi connectivity index (χ3v) is 6.87. The first kappa shape index (κ1) is 26.6. The van der Waals surface area contributed by atoms with E-state index in [4.69, 9.17) is 0 Å². The molecule has 2 aliphatic rings. The van der Waals surface area contributed by atoms with Crippen LogP contribution in [0.5, 0.6) is 0 Å². The number of piperazine rings is 1. The molecule has 200 valence electrons. The van der Waals surface area contributed by atoms with Gasteiger partial charge in [0.2, 0.25) is 5.91 Å². The molecule has 1 amide bonds. The molecule has 0 radical (unpaired) electrons. The number of nitro benzene ring substituents is 1. The van der Waals surface area contributed by atoms with Gasteiger partial charge in [0, 0.05) is 69.7 Å². The first-order chi connectivity index (χ1) is 17.6. The maximum absolute atomic E-state index is 13.2. The lowest BCUT2D eigenvalue weighted by Gasteiger charge is -2.35. The van der Waals surface area contributed by atoms with Gasteiger partial charge in [-0.2, -0.15) is 13.2 Å². The maximum Gasteiger partial charge on any atom is 0.423 e. The number of nitro groups is 1. The van der Waals surface area contributed by atoms with Crippen molar-refractivity contribution in [1.82, 2.24) is 14.8 Å². The van der Waals surface area contributed by atoms with Gasteiger partial charge >= 0.3 is 6.18 Å². The van der Waals surface area contributed by atoms with Crippen molar-refractivity contribution in [2.75, 3.05) is 56.0 Å². The molecule has 2 aromatic rings. The molecule has 9 nitrogen and oxygen atoms in total. The molecule has 2 saturated heterocycles. The van der Waals surface area contributed by atoms with Crippen LogP contribution >= 0.6 is 0 Å². The second-order valence-electron chi connectivity index (χ2n) is 9.58. The number of likely N-dealkylation sites (tertiary alicyclic amines) is 1. The molecule has 37 heavy (non-hydrogen) atoms. The summed E-state index contributed by atoms with van der Waals surface area (Å²) in [7, 11) is 0. The SMILES string of the molecule is Cc1ccc(N2CCN(CCCC(=O)N3CC[C@@H](Nc4ccc([N+](=O)[O-])c(C(F)(F)F)c4)C3)CC2)nc1. The highest BCUT2D eigenvalue weighted by Gasteiger charge is 2.38. The topological polar surface area (TPSA) is 94.8 Å². The molecule has 0 bridgehead atoms. The minimum atomic E-state index is -4.83. The van der Waals surface area contributed by atoms with Crippen molar-refractivity contribution >= 4 is 23.1 Å². The third kappa shape index (κ3) is 6.88. The zero-order chi connectivity index (χ0) is 26.6. The van der Waals surface area contributed by atoms with E-state index in [1.54, 1.807) is 4.90 Å². The van der Waals surface area contributed by atoms with Crippen LogP contribution in [0.4, 0.5) is 30.4 Å². The van der Waals surface area contributed by atoms with Crippen molar-refractivity contribution in [3.8, 4) is 0 Å². The fourth-order valence-electron chi connectivity index (χ4n) is 4.81. The van der Waals surface area contributed by atoms with Crippen molar-refractivity contribution in [2.24, 2.45) is 0 Å². The third-order valence-electron chi connectivity index (χ3n) is 6.87. The smallest absolute Gasteiger partial charge is 0.380 e. The minimum Gasteiger partial charge on any atom is -0.380 e. The predicted octanol–water partition coefficient (Wildman–Crippen LogP) is 3.93. The van der Waals surface area contributed by atoms with E-state index in [-0.39, 0.29) is 17.6 Å². The summed E-state index contributed by atoms with van der Waals surface area (Å²) in [6.07, 6.45) is -1.20. The van der Waals surface area contributed by atoms with Gasteiger partial charge in [0.05, 0.1) is 4.92 Å². The Morgan fingerprint density at radius 2 is 1.92 bits per heavy atom. The van der Waals surface area contributed by atoms with Gasteiger partial charge < -0.3 is 15.1 Å². The largest absolute Gasteiger partial charge is 0.423 e. The maximum atomic E-state index is 13.2. The highest BCUT2D eigenvalue weighted by atomic mass is 19.4. The Labute approximate surface area is 213 Å². The van der Waals surface area contributed by atoms with Crippen molar-refractivity contribution in [2.45, 2.75) is 38.4 Å². The van der Waals surface area contributed by atoms with Crippen LogP contribution in [0.15, 0.2) is 36.5 Å². The number of carbonyl (C=O) groups excluding carboxylic acids is 1. The number of anilines is 2. The van der Waals surface area contributed by atoms with Crippen LogP contribution in [0, 0.1) is 17.0 Å². The second kappa shape index (κ2) is 11.3. The summed E-state index contributed by atoms with van der Waals surface area (Å²) in [4.78, 5) is 33.4. The van der Waals surface area contributed by atoms with Gasteiger partial charge in [-0.25, -0.2) is 4.98 Å². The van der Waals surface area contributed by atoms with Crippen LogP contribution in [-0.2, 0) is 11.0 Å². The van der Waals surface area contributed by atoms with Crippen LogP contribution in [0.25, 0.3) is 0 Å².